The van der Waals surface area contributed by atoms with Crippen LogP contribution < -0.4 is 9.04 Å². The number of hydrogen-bond acceptors (Lipinski definition) is 6. The standard InChI is InChI=1S/C25H22N2O5S2/c1-17-13-21(23-6-4-12-33-23)24(22(14-17)25(28)29)27(16-18-5-3-11-26-15-18)34(30,31)20-9-7-19(32-2)8-10-20/h3-15H,16H2,1-2H3,(H,28,29). The average Bonchev–Trinajstić information content (AvgIpc) is 3.38. The van der Waals surface area contributed by atoms with Gasteiger partial charge in [-0.05, 0) is 72.0 Å². The lowest BCUT2D eigenvalue weighted by Gasteiger charge is -2.28. The number of benzene rings is 2. The van der Waals surface area contributed by atoms with Gasteiger partial charge in [0.15, 0.2) is 0 Å². The quantitative estimate of drug-likeness (QED) is 0.361. The van der Waals surface area contributed by atoms with Crippen molar-refractivity contribution in [2.45, 2.75) is 18.4 Å². The van der Waals surface area contributed by atoms with E-state index in [9.17, 15) is 18.3 Å². The molecule has 0 bridgehead atoms. The Morgan fingerprint density at radius 3 is 2.47 bits per heavy atom. The normalized spacial score (nSPS) is 11.2. The van der Waals surface area contributed by atoms with Gasteiger partial charge in [-0.3, -0.25) is 9.29 Å². The number of rotatable bonds is 8. The number of aryl methyl sites for hydroxylation is 1. The summed E-state index contributed by atoms with van der Waals surface area (Å²) < 4.78 is 34.3. The highest BCUT2D eigenvalue weighted by Crippen LogP contribution is 2.41. The lowest BCUT2D eigenvalue weighted by atomic mass is 10.0. The molecule has 1 N–H and O–H groups in total. The van der Waals surface area contributed by atoms with Crippen LogP contribution in [0.3, 0.4) is 0 Å². The molecule has 0 aliphatic carbocycles. The second kappa shape index (κ2) is 9.66. The molecular weight excluding hydrogens is 472 g/mol. The summed E-state index contributed by atoms with van der Waals surface area (Å²) >= 11 is 1.41. The Morgan fingerprint density at radius 2 is 1.88 bits per heavy atom. The Morgan fingerprint density at radius 1 is 1.12 bits per heavy atom. The number of anilines is 1. The largest absolute Gasteiger partial charge is 0.497 e. The fraction of sp³-hybridized carbons (Fsp3) is 0.120. The van der Waals surface area contributed by atoms with Crippen molar-refractivity contribution < 1.29 is 23.1 Å². The Labute approximate surface area is 202 Å². The summed E-state index contributed by atoms with van der Waals surface area (Å²) in [5.74, 6) is -0.698. The molecule has 2 aromatic heterocycles. The molecule has 0 spiro atoms. The number of carboxylic acid groups (broad SMARTS) is 1. The molecule has 0 unspecified atom stereocenters. The van der Waals surface area contributed by atoms with Crippen LogP contribution >= 0.6 is 11.3 Å². The molecule has 0 aliphatic heterocycles. The van der Waals surface area contributed by atoms with E-state index >= 15 is 0 Å². The number of aromatic carboxylic acids is 1. The minimum Gasteiger partial charge on any atom is -0.497 e. The molecule has 0 atom stereocenters. The van der Waals surface area contributed by atoms with Crippen molar-refractivity contribution in [2.75, 3.05) is 11.4 Å². The van der Waals surface area contributed by atoms with Crippen molar-refractivity contribution in [3.05, 3.63) is 95.1 Å². The van der Waals surface area contributed by atoms with Crippen molar-refractivity contribution in [2.24, 2.45) is 0 Å². The third-order valence-corrected chi connectivity index (χ3v) is 7.88. The van der Waals surface area contributed by atoms with Crippen molar-refractivity contribution in [3.63, 3.8) is 0 Å². The molecule has 0 amide bonds. The summed E-state index contributed by atoms with van der Waals surface area (Å²) in [7, 11) is -2.67. The van der Waals surface area contributed by atoms with E-state index < -0.39 is 16.0 Å². The third-order valence-electron chi connectivity index (χ3n) is 5.22. The molecule has 0 saturated carbocycles. The van der Waals surface area contributed by atoms with Gasteiger partial charge in [-0.15, -0.1) is 11.3 Å². The number of hydrogen-bond donors (Lipinski definition) is 1. The fourth-order valence-electron chi connectivity index (χ4n) is 3.65. The molecule has 2 heterocycles. The molecule has 0 aliphatic rings. The molecule has 174 valence electrons. The predicted molar refractivity (Wildman–Crippen MR) is 132 cm³/mol. The van der Waals surface area contributed by atoms with Gasteiger partial charge in [0.05, 0.1) is 29.8 Å². The van der Waals surface area contributed by atoms with Gasteiger partial charge in [0, 0.05) is 22.8 Å². The van der Waals surface area contributed by atoms with Crippen molar-refractivity contribution in [1.29, 1.82) is 0 Å². The van der Waals surface area contributed by atoms with Crippen LogP contribution in [0.2, 0.25) is 0 Å². The first kappa shape index (κ1) is 23.5. The zero-order valence-corrected chi connectivity index (χ0v) is 20.1. The van der Waals surface area contributed by atoms with Crippen LogP contribution in [0.25, 0.3) is 10.4 Å². The average molecular weight is 495 g/mol. The predicted octanol–water partition coefficient (Wildman–Crippen LogP) is 5.22. The van der Waals surface area contributed by atoms with E-state index in [-0.39, 0.29) is 22.7 Å². The number of carboxylic acids is 1. The highest BCUT2D eigenvalue weighted by Gasteiger charge is 2.32. The molecule has 0 radical (unpaired) electrons. The summed E-state index contributed by atoms with van der Waals surface area (Å²) in [5, 5.41) is 12.0. The molecule has 2 aromatic carbocycles. The van der Waals surface area contributed by atoms with Crippen LogP contribution in [0.5, 0.6) is 5.75 Å². The molecule has 0 saturated heterocycles. The first-order chi connectivity index (χ1) is 16.3. The summed E-state index contributed by atoms with van der Waals surface area (Å²) in [6.07, 6.45) is 3.16. The Hall–Kier alpha value is -3.69. The first-order valence-electron chi connectivity index (χ1n) is 10.3. The SMILES string of the molecule is COc1ccc(S(=O)(=O)N(Cc2cccnc2)c2c(C(=O)O)cc(C)cc2-c2cccs2)cc1. The maximum absolute atomic E-state index is 14.0. The van der Waals surface area contributed by atoms with Gasteiger partial charge >= 0.3 is 5.97 Å². The van der Waals surface area contributed by atoms with Crippen LogP contribution in [0, 0.1) is 6.92 Å². The third kappa shape index (κ3) is 4.66. The topological polar surface area (TPSA) is 96.8 Å². The van der Waals surface area contributed by atoms with Crippen LogP contribution in [0.15, 0.2) is 83.3 Å². The van der Waals surface area contributed by atoms with Gasteiger partial charge < -0.3 is 9.84 Å². The van der Waals surface area contributed by atoms with E-state index in [4.69, 9.17) is 4.74 Å². The summed E-state index contributed by atoms with van der Waals surface area (Å²) in [5.41, 5.74) is 1.89. The number of ether oxygens (including phenoxy) is 1. The molecule has 9 heteroatoms. The van der Waals surface area contributed by atoms with Crippen molar-refractivity contribution >= 4 is 33.0 Å². The Bertz CT molecular complexity index is 1400. The lowest BCUT2D eigenvalue weighted by Crippen LogP contribution is -2.32. The summed E-state index contributed by atoms with van der Waals surface area (Å²) in [4.78, 5) is 17.2. The maximum Gasteiger partial charge on any atom is 0.337 e. The molecule has 34 heavy (non-hydrogen) atoms. The maximum atomic E-state index is 14.0. The Balaban J connectivity index is 2.00. The van der Waals surface area contributed by atoms with Crippen LogP contribution in [-0.4, -0.2) is 31.6 Å². The van der Waals surface area contributed by atoms with Gasteiger partial charge in [-0.25, -0.2) is 13.2 Å². The lowest BCUT2D eigenvalue weighted by molar-refractivity contribution is 0.0697. The van der Waals surface area contributed by atoms with Crippen molar-refractivity contribution in [1.82, 2.24) is 4.98 Å². The van der Waals surface area contributed by atoms with Crippen LogP contribution in [0.1, 0.15) is 21.5 Å². The minimum atomic E-state index is -4.17. The summed E-state index contributed by atoms with van der Waals surface area (Å²) in [6, 6.07) is 16.5. The van der Waals surface area contributed by atoms with Gasteiger partial charge in [0.1, 0.15) is 5.75 Å². The van der Waals surface area contributed by atoms with Crippen molar-refractivity contribution in [3.8, 4) is 16.2 Å². The monoisotopic (exact) mass is 494 g/mol. The second-order valence-electron chi connectivity index (χ2n) is 7.54. The van der Waals surface area contributed by atoms with Gasteiger partial charge in [0.25, 0.3) is 10.0 Å². The van der Waals surface area contributed by atoms with Crippen LogP contribution in [-0.2, 0) is 16.6 Å². The highest BCUT2D eigenvalue weighted by molar-refractivity contribution is 7.92. The smallest absolute Gasteiger partial charge is 0.337 e. The van der Waals surface area contributed by atoms with E-state index in [1.165, 1.54) is 36.6 Å². The second-order valence-corrected chi connectivity index (χ2v) is 10.3. The molecule has 0 fully saturated rings. The fourth-order valence-corrected chi connectivity index (χ4v) is 5.88. The number of nitrogens with zero attached hydrogens (tertiary/aromatic N) is 2. The van der Waals surface area contributed by atoms with Crippen LogP contribution in [0.4, 0.5) is 5.69 Å². The Kier molecular flexibility index (Phi) is 6.67. The molecule has 7 nitrogen and oxygen atoms in total. The number of pyridine rings is 1. The van der Waals surface area contributed by atoms with E-state index in [1.807, 2.05) is 23.6 Å². The van der Waals surface area contributed by atoms with Gasteiger partial charge in [-0.2, -0.15) is 0 Å². The minimum absolute atomic E-state index is 0.0197. The number of carbonyl (C=O) groups is 1. The zero-order valence-electron chi connectivity index (χ0n) is 18.5. The molecule has 4 rings (SSSR count). The number of aromatic nitrogens is 1. The van der Waals surface area contributed by atoms with Gasteiger partial charge in [-0.1, -0.05) is 12.1 Å². The van der Waals surface area contributed by atoms with E-state index in [2.05, 4.69) is 4.98 Å². The highest BCUT2D eigenvalue weighted by atomic mass is 32.2. The zero-order chi connectivity index (χ0) is 24.3. The number of sulfonamides is 1. The molecular formula is C25H22N2O5S2. The van der Waals surface area contributed by atoms with E-state index in [0.29, 0.717) is 22.4 Å². The number of thiophene rings is 1. The first-order valence-corrected chi connectivity index (χ1v) is 12.6. The summed E-state index contributed by atoms with van der Waals surface area (Å²) in [6.45, 7) is 1.70. The van der Waals surface area contributed by atoms with Gasteiger partial charge in [0.2, 0.25) is 0 Å². The molecule has 4 aromatic rings. The number of methoxy groups -OCH3 is 1. The van der Waals surface area contributed by atoms with E-state index in [0.717, 1.165) is 9.18 Å². The van der Waals surface area contributed by atoms with E-state index in [1.54, 1.807) is 43.6 Å².